The number of ether oxygens (including phenoxy) is 1. The van der Waals surface area contributed by atoms with Crippen molar-refractivity contribution in [2.24, 2.45) is 0 Å². The lowest BCUT2D eigenvalue weighted by Gasteiger charge is -2.12. The lowest BCUT2D eigenvalue weighted by Crippen LogP contribution is -2.17. The summed E-state index contributed by atoms with van der Waals surface area (Å²) in [5.41, 5.74) is 1.53. The first-order valence-corrected chi connectivity index (χ1v) is 7.91. The molecule has 1 aromatic heterocycles. The van der Waals surface area contributed by atoms with E-state index in [1.165, 1.54) is 30.0 Å². The van der Waals surface area contributed by atoms with Crippen molar-refractivity contribution in [2.75, 3.05) is 7.11 Å². The van der Waals surface area contributed by atoms with Crippen molar-refractivity contribution in [3.8, 4) is 0 Å². The molecule has 7 heteroatoms. The number of hydrogen-bond donors (Lipinski definition) is 0. The van der Waals surface area contributed by atoms with Gasteiger partial charge in [0.2, 0.25) is 5.91 Å². The van der Waals surface area contributed by atoms with Crippen LogP contribution in [-0.4, -0.2) is 28.5 Å². The number of nitro groups is 1. The van der Waals surface area contributed by atoms with E-state index in [1.54, 1.807) is 43.3 Å². The van der Waals surface area contributed by atoms with E-state index >= 15 is 0 Å². The second kappa shape index (κ2) is 6.79. The Morgan fingerprint density at radius 3 is 2.38 bits per heavy atom. The molecule has 1 atom stereocenters. The zero-order valence-electron chi connectivity index (χ0n) is 14.2. The number of non-ortho nitro benzene ring substituents is 1. The largest absolute Gasteiger partial charge is 0.465 e. The molecular formula is C19H16N2O5. The van der Waals surface area contributed by atoms with Crippen LogP contribution in [0.4, 0.5) is 5.69 Å². The topological polar surface area (TPSA) is 91.4 Å². The molecule has 0 bridgehead atoms. The van der Waals surface area contributed by atoms with Crippen molar-refractivity contribution in [1.29, 1.82) is 0 Å². The average Bonchev–Trinajstić information content (AvgIpc) is 3.06. The summed E-state index contributed by atoms with van der Waals surface area (Å²) in [6, 6.07) is 12.9. The number of carbonyl (C=O) groups is 2. The highest BCUT2D eigenvalue weighted by atomic mass is 16.6. The Balaban J connectivity index is 2.01. The summed E-state index contributed by atoms with van der Waals surface area (Å²) < 4.78 is 6.22. The second-order valence-electron chi connectivity index (χ2n) is 5.83. The second-order valence-corrected chi connectivity index (χ2v) is 5.83. The van der Waals surface area contributed by atoms with Crippen molar-refractivity contribution >= 4 is 28.5 Å². The third-order valence-corrected chi connectivity index (χ3v) is 4.33. The lowest BCUT2D eigenvalue weighted by molar-refractivity contribution is -0.384. The molecule has 26 heavy (non-hydrogen) atoms. The van der Waals surface area contributed by atoms with Gasteiger partial charge in [0.05, 0.1) is 29.0 Å². The van der Waals surface area contributed by atoms with Crippen LogP contribution in [0.3, 0.4) is 0 Å². The van der Waals surface area contributed by atoms with Gasteiger partial charge in [0.25, 0.3) is 5.69 Å². The first-order chi connectivity index (χ1) is 12.4. The molecule has 0 saturated heterocycles. The fraction of sp³-hybridized carbons (Fsp3) is 0.158. The predicted molar refractivity (Wildman–Crippen MR) is 95.4 cm³/mol. The van der Waals surface area contributed by atoms with Crippen LogP contribution in [0.15, 0.2) is 54.7 Å². The minimum Gasteiger partial charge on any atom is -0.465 e. The average molecular weight is 352 g/mol. The summed E-state index contributed by atoms with van der Waals surface area (Å²) in [4.78, 5) is 35.3. The van der Waals surface area contributed by atoms with E-state index in [2.05, 4.69) is 0 Å². The number of nitrogens with zero attached hydrogens (tertiary/aromatic N) is 2. The first kappa shape index (κ1) is 17.3. The van der Waals surface area contributed by atoms with Crippen LogP contribution in [0.25, 0.3) is 10.9 Å². The molecule has 0 spiro atoms. The number of carbonyl (C=O) groups excluding carboxylic acids is 2. The van der Waals surface area contributed by atoms with Crippen LogP contribution < -0.4 is 0 Å². The summed E-state index contributed by atoms with van der Waals surface area (Å²) in [7, 11) is 1.29. The van der Waals surface area contributed by atoms with Crippen molar-refractivity contribution in [3.63, 3.8) is 0 Å². The minimum atomic E-state index is -0.544. The molecule has 3 rings (SSSR count). The molecule has 132 valence electrons. The summed E-state index contributed by atoms with van der Waals surface area (Å²) >= 11 is 0. The summed E-state index contributed by atoms with van der Waals surface area (Å²) in [5.74, 6) is -1.31. The Kier molecular flexibility index (Phi) is 4.53. The van der Waals surface area contributed by atoms with Gasteiger partial charge in [0, 0.05) is 23.7 Å². The third kappa shape index (κ3) is 2.95. The SMILES string of the molecule is COC(=O)c1cn(C(=O)[C@H](C)c2ccc([N+](=O)[O-])cc2)c2ccccc12. The number of para-hydroxylation sites is 1. The van der Waals surface area contributed by atoms with Crippen molar-refractivity contribution in [2.45, 2.75) is 12.8 Å². The Morgan fingerprint density at radius 1 is 1.12 bits per heavy atom. The van der Waals surface area contributed by atoms with Gasteiger partial charge >= 0.3 is 5.97 Å². The van der Waals surface area contributed by atoms with E-state index in [4.69, 9.17) is 4.74 Å². The van der Waals surface area contributed by atoms with Crippen LogP contribution in [0.5, 0.6) is 0 Å². The molecular weight excluding hydrogens is 336 g/mol. The smallest absolute Gasteiger partial charge is 0.340 e. The summed E-state index contributed by atoms with van der Waals surface area (Å²) in [5, 5.41) is 11.4. The van der Waals surface area contributed by atoms with Crippen molar-refractivity contribution in [3.05, 3.63) is 76.0 Å². The number of rotatable bonds is 4. The molecule has 0 aliphatic heterocycles. The quantitative estimate of drug-likeness (QED) is 0.405. The van der Waals surface area contributed by atoms with E-state index in [9.17, 15) is 19.7 Å². The van der Waals surface area contributed by atoms with Gasteiger partial charge in [-0.1, -0.05) is 30.3 Å². The van der Waals surface area contributed by atoms with E-state index in [0.29, 0.717) is 22.0 Å². The maximum absolute atomic E-state index is 13.0. The Bertz CT molecular complexity index is 1000. The van der Waals surface area contributed by atoms with Gasteiger partial charge in [-0.3, -0.25) is 19.5 Å². The molecule has 0 saturated carbocycles. The lowest BCUT2D eigenvalue weighted by atomic mass is 10.00. The number of esters is 1. The normalized spacial score (nSPS) is 11.9. The van der Waals surface area contributed by atoms with Crippen LogP contribution in [0.2, 0.25) is 0 Å². The summed E-state index contributed by atoms with van der Waals surface area (Å²) in [6.45, 7) is 1.72. The van der Waals surface area contributed by atoms with E-state index in [1.807, 2.05) is 0 Å². The van der Waals surface area contributed by atoms with Gasteiger partial charge in [0.15, 0.2) is 0 Å². The molecule has 7 nitrogen and oxygen atoms in total. The monoisotopic (exact) mass is 352 g/mol. The van der Waals surface area contributed by atoms with E-state index in [0.717, 1.165) is 0 Å². The highest BCUT2D eigenvalue weighted by Crippen LogP contribution is 2.26. The molecule has 0 fully saturated rings. The number of fused-ring (bicyclic) bond motifs is 1. The van der Waals surface area contributed by atoms with E-state index < -0.39 is 16.8 Å². The molecule has 0 amide bonds. The van der Waals surface area contributed by atoms with Crippen LogP contribution in [0, 0.1) is 10.1 Å². The minimum absolute atomic E-state index is 0.0345. The van der Waals surface area contributed by atoms with E-state index in [-0.39, 0.29) is 11.6 Å². The number of benzene rings is 2. The van der Waals surface area contributed by atoms with Gasteiger partial charge < -0.3 is 4.74 Å². The molecule has 0 aliphatic carbocycles. The number of hydrogen-bond acceptors (Lipinski definition) is 5. The molecule has 0 radical (unpaired) electrons. The maximum atomic E-state index is 13.0. The standard InChI is InChI=1S/C19H16N2O5/c1-12(13-7-9-14(10-8-13)21(24)25)18(22)20-11-16(19(23)26-2)15-5-3-4-6-17(15)20/h3-12H,1-2H3/t12-/m1/s1. The molecule has 2 aromatic carbocycles. The maximum Gasteiger partial charge on any atom is 0.340 e. The van der Waals surface area contributed by atoms with Gasteiger partial charge in [-0.05, 0) is 18.6 Å². The van der Waals surface area contributed by atoms with Crippen LogP contribution >= 0.6 is 0 Å². The van der Waals surface area contributed by atoms with Gasteiger partial charge in [-0.15, -0.1) is 0 Å². The zero-order valence-corrected chi connectivity index (χ0v) is 14.2. The number of methoxy groups -OCH3 is 1. The Hall–Kier alpha value is -3.48. The van der Waals surface area contributed by atoms with Gasteiger partial charge in [0.1, 0.15) is 0 Å². The fourth-order valence-corrected chi connectivity index (χ4v) is 2.87. The highest BCUT2D eigenvalue weighted by molar-refractivity contribution is 6.07. The molecule has 3 aromatic rings. The molecule has 1 heterocycles. The van der Waals surface area contributed by atoms with Crippen LogP contribution in [-0.2, 0) is 4.74 Å². The van der Waals surface area contributed by atoms with Crippen LogP contribution in [0.1, 0.15) is 33.6 Å². The highest BCUT2D eigenvalue weighted by Gasteiger charge is 2.23. The van der Waals surface area contributed by atoms with Gasteiger partial charge in [-0.2, -0.15) is 0 Å². The molecule has 0 aliphatic rings. The molecule has 0 unspecified atom stereocenters. The third-order valence-electron chi connectivity index (χ3n) is 4.33. The predicted octanol–water partition coefficient (Wildman–Crippen LogP) is 3.78. The first-order valence-electron chi connectivity index (χ1n) is 7.91. The van der Waals surface area contributed by atoms with Crippen molar-refractivity contribution in [1.82, 2.24) is 4.57 Å². The van der Waals surface area contributed by atoms with Crippen molar-refractivity contribution < 1.29 is 19.2 Å². The fourth-order valence-electron chi connectivity index (χ4n) is 2.87. The Labute approximate surface area is 149 Å². The summed E-state index contributed by atoms with van der Waals surface area (Å²) in [6.07, 6.45) is 1.47. The van der Waals surface area contributed by atoms with Gasteiger partial charge in [-0.25, -0.2) is 4.79 Å². The number of aromatic nitrogens is 1. The zero-order chi connectivity index (χ0) is 18.8. The Morgan fingerprint density at radius 2 is 1.77 bits per heavy atom. The number of nitro benzene ring substituents is 1. The molecule has 0 N–H and O–H groups in total.